The lowest BCUT2D eigenvalue weighted by Gasteiger charge is -2.32. The van der Waals surface area contributed by atoms with Gasteiger partial charge in [-0.2, -0.15) is 0 Å². The van der Waals surface area contributed by atoms with Crippen LogP contribution in [0.15, 0.2) is 30.3 Å². The fraction of sp³-hybridized carbons (Fsp3) is 0.412. The zero-order chi connectivity index (χ0) is 16.9. The summed E-state index contributed by atoms with van der Waals surface area (Å²) in [5.41, 5.74) is 0. The van der Waals surface area contributed by atoms with E-state index in [2.05, 4.69) is 9.88 Å². The predicted octanol–water partition coefficient (Wildman–Crippen LogP) is 3.88. The lowest BCUT2D eigenvalue weighted by molar-refractivity contribution is 0.0606. The van der Waals surface area contributed by atoms with Crippen molar-refractivity contribution in [3.05, 3.63) is 40.4 Å². The molecule has 0 saturated carbocycles. The summed E-state index contributed by atoms with van der Waals surface area (Å²) in [4.78, 5) is 18.5. The largest absolute Gasteiger partial charge is 0.493 e. The number of benzene rings is 1. The summed E-state index contributed by atoms with van der Waals surface area (Å²) in [6, 6.07) is 9.83. The van der Waals surface area contributed by atoms with E-state index in [0.29, 0.717) is 17.4 Å². The number of aromatic nitrogens is 1. The van der Waals surface area contributed by atoms with Gasteiger partial charge < -0.3 is 14.4 Å². The molecule has 0 spiro atoms. The topological polar surface area (TPSA) is 51.7 Å². The molecule has 1 aliphatic heterocycles. The minimum Gasteiger partial charge on any atom is -0.493 e. The second-order valence-corrected chi connectivity index (χ2v) is 7.02. The van der Waals surface area contributed by atoms with E-state index in [-0.39, 0.29) is 5.15 Å². The van der Waals surface area contributed by atoms with Gasteiger partial charge in [0.15, 0.2) is 15.2 Å². The molecule has 24 heavy (non-hydrogen) atoms. The molecule has 3 rings (SSSR count). The van der Waals surface area contributed by atoms with Gasteiger partial charge in [-0.3, -0.25) is 0 Å². The molecule has 1 saturated heterocycles. The highest BCUT2D eigenvalue weighted by Gasteiger charge is 2.25. The second-order valence-electron chi connectivity index (χ2n) is 5.69. The fourth-order valence-electron chi connectivity index (χ4n) is 2.75. The van der Waals surface area contributed by atoms with E-state index in [1.165, 1.54) is 18.4 Å². The normalized spacial score (nSPS) is 17.6. The Bertz CT molecular complexity index is 692. The number of piperidine rings is 1. The summed E-state index contributed by atoms with van der Waals surface area (Å²) < 4.78 is 10.6. The van der Waals surface area contributed by atoms with Gasteiger partial charge in [-0.1, -0.05) is 41.1 Å². The average Bonchev–Trinajstić information content (AvgIpc) is 3.02. The van der Waals surface area contributed by atoms with E-state index >= 15 is 0 Å². The Morgan fingerprint density at radius 2 is 2.21 bits per heavy atom. The van der Waals surface area contributed by atoms with Crippen LogP contribution in [0.2, 0.25) is 5.15 Å². The van der Waals surface area contributed by atoms with Gasteiger partial charge in [0.05, 0.1) is 13.7 Å². The van der Waals surface area contributed by atoms with Gasteiger partial charge in [0.1, 0.15) is 5.75 Å². The maximum atomic E-state index is 11.7. The third-order valence-electron chi connectivity index (χ3n) is 3.96. The lowest BCUT2D eigenvalue weighted by atomic mass is 9.99. The Morgan fingerprint density at radius 3 is 2.96 bits per heavy atom. The van der Waals surface area contributed by atoms with Crippen LogP contribution in [0.25, 0.3) is 0 Å². The van der Waals surface area contributed by atoms with Crippen molar-refractivity contribution in [1.29, 1.82) is 0 Å². The molecule has 1 aromatic heterocycles. The van der Waals surface area contributed by atoms with Crippen molar-refractivity contribution >= 4 is 34.0 Å². The maximum absolute atomic E-state index is 11.7. The van der Waals surface area contributed by atoms with Crippen LogP contribution in [0.5, 0.6) is 5.75 Å². The molecular formula is C17H19ClN2O3S. The smallest absolute Gasteiger partial charge is 0.351 e. The first-order chi connectivity index (χ1) is 11.7. The molecule has 0 aliphatic carbocycles. The number of halogens is 1. The van der Waals surface area contributed by atoms with Crippen molar-refractivity contribution in [2.24, 2.45) is 5.92 Å². The summed E-state index contributed by atoms with van der Waals surface area (Å²) in [7, 11) is 1.34. The molecule has 5 nitrogen and oxygen atoms in total. The summed E-state index contributed by atoms with van der Waals surface area (Å²) in [5.74, 6) is 0.868. The van der Waals surface area contributed by atoms with E-state index in [1.54, 1.807) is 0 Å². The average molecular weight is 367 g/mol. The van der Waals surface area contributed by atoms with Gasteiger partial charge in [-0.05, 0) is 25.0 Å². The van der Waals surface area contributed by atoms with Gasteiger partial charge in [-0.15, -0.1) is 0 Å². The summed E-state index contributed by atoms with van der Waals surface area (Å²) in [6.07, 6.45) is 2.18. The van der Waals surface area contributed by atoms with Gasteiger partial charge >= 0.3 is 5.97 Å². The molecule has 1 aromatic carbocycles. The van der Waals surface area contributed by atoms with Crippen LogP contribution in [-0.2, 0) is 4.74 Å². The molecule has 128 valence electrons. The lowest BCUT2D eigenvalue weighted by Crippen LogP contribution is -2.37. The summed E-state index contributed by atoms with van der Waals surface area (Å²) in [6.45, 7) is 2.42. The number of nitrogens with zero attached hydrogens (tertiary/aromatic N) is 2. The third kappa shape index (κ3) is 3.99. The number of para-hydroxylation sites is 1. The van der Waals surface area contributed by atoms with Crippen molar-refractivity contribution < 1.29 is 14.3 Å². The molecular weight excluding hydrogens is 348 g/mol. The van der Waals surface area contributed by atoms with E-state index in [4.69, 9.17) is 21.1 Å². The first-order valence-electron chi connectivity index (χ1n) is 7.85. The quantitative estimate of drug-likeness (QED) is 0.751. The van der Waals surface area contributed by atoms with Crippen LogP contribution >= 0.6 is 22.9 Å². The van der Waals surface area contributed by atoms with Crippen LogP contribution in [0.3, 0.4) is 0 Å². The number of carbonyl (C=O) groups excluding carboxylic acids is 1. The second kappa shape index (κ2) is 7.85. The Hall–Kier alpha value is -1.79. The highest BCUT2D eigenvalue weighted by atomic mass is 35.5. The van der Waals surface area contributed by atoms with Gasteiger partial charge in [0, 0.05) is 19.0 Å². The number of anilines is 1. The predicted molar refractivity (Wildman–Crippen MR) is 95.3 cm³/mol. The van der Waals surface area contributed by atoms with Crippen molar-refractivity contribution in [2.45, 2.75) is 12.8 Å². The fourth-order valence-corrected chi connectivity index (χ4v) is 3.98. The first kappa shape index (κ1) is 17.0. The SMILES string of the molecule is COC(=O)c1sc(N2CCCC(COc3ccccc3)C2)nc1Cl. The Balaban J connectivity index is 1.62. The molecule has 0 radical (unpaired) electrons. The van der Waals surface area contributed by atoms with E-state index in [1.807, 2.05) is 30.3 Å². The maximum Gasteiger partial charge on any atom is 0.351 e. The third-order valence-corrected chi connectivity index (χ3v) is 5.45. The van der Waals surface area contributed by atoms with Crippen LogP contribution in [0.1, 0.15) is 22.5 Å². The Kier molecular flexibility index (Phi) is 5.58. The summed E-state index contributed by atoms with van der Waals surface area (Å²) >= 11 is 7.35. The van der Waals surface area contributed by atoms with Crippen molar-refractivity contribution in [3.63, 3.8) is 0 Å². The molecule has 7 heteroatoms. The number of ether oxygens (including phenoxy) is 2. The van der Waals surface area contributed by atoms with E-state index in [0.717, 1.165) is 36.8 Å². The standard InChI is InChI=1S/C17H19ClN2O3S/c1-22-16(21)14-15(18)19-17(24-14)20-9-5-6-12(10-20)11-23-13-7-3-2-4-8-13/h2-4,7-8,12H,5-6,9-11H2,1H3. The molecule has 2 heterocycles. The van der Waals surface area contributed by atoms with Gasteiger partial charge in [0.2, 0.25) is 0 Å². The molecule has 2 aromatic rings. The number of carbonyl (C=O) groups is 1. The van der Waals surface area contributed by atoms with E-state index in [9.17, 15) is 4.79 Å². The van der Waals surface area contributed by atoms with Crippen molar-refractivity contribution in [3.8, 4) is 5.75 Å². The van der Waals surface area contributed by atoms with Crippen LogP contribution in [0, 0.1) is 5.92 Å². The molecule has 1 fully saturated rings. The monoisotopic (exact) mass is 366 g/mol. The van der Waals surface area contributed by atoms with E-state index < -0.39 is 5.97 Å². The number of methoxy groups -OCH3 is 1. The highest BCUT2D eigenvalue weighted by Crippen LogP contribution is 2.32. The zero-order valence-electron chi connectivity index (χ0n) is 13.4. The minimum atomic E-state index is -0.440. The van der Waals surface area contributed by atoms with Crippen LogP contribution in [-0.4, -0.2) is 37.8 Å². The van der Waals surface area contributed by atoms with Crippen LogP contribution < -0.4 is 9.64 Å². The number of thiazole rings is 1. The highest BCUT2D eigenvalue weighted by molar-refractivity contribution is 7.18. The van der Waals surface area contributed by atoms with Gasteiger partial charge in [-0.25, -0.2) is 9.78 Å². The van der Waals surface area contributed by atoms with Crippen LogP contribution in [0.4, 0.5) is 5.13 Å². The van der Waals surface area contributed by atoms with Crippen molar-refractivity contribution in [1.82, 2.24) is 4.98 Å². The molecule has 0 amide bonds. The first-order valence-corrected chi connectivity index (χ1v) is 9.04. The molecule has 1 atom stereocenters. The van der Waals surface area contributed by atoms with Gasteiger partial charge in [0.25, 0.3) is 0 Å². The number of esters is 1. The Morgan fingerprint density at radius 1 is 1.42 bits per heavy atom. The Labute approximate surface area is 150 Å². The summed E-state index contributed by atoms with van der Waals surface area (Å²) in [5, 5.41) is 0.981. The van der Waals surface area contributed by atoms with Crippen molar-refractivity contribution in [2.75, 3.05) is 31.7 Å². The number of rotatable bonds is 5. The molecule has 0 N–H and O–H groups in total. The minimum absolute atomic E-state index is 0.213. The molecule has 0 bridgehead atoms. The number of hydrogen-bond donors (Lipinski definition) is 0. The molecule has 1 aliphatic rings. The number of hydrogen-bond acceptors (Lipinski definition) is 6. The zero-order valence-corrected chi connectivity index (χ0v) is 15.0. The molecule has 1 unspecified atom stereocenters.